The van der Waals surface area contributed by atoms with Gasteiger partial charge in [0.2, 0.25) is 6.29 Å². The molecule has 0 saturated carbocycles. The van der Waals surface area contributed by atoms with Crippen molar-refractivity contribution in [3.63, 3.8) is 0 Å². The second kappa shape index (κ2) is 6.54. The van der Waals surface area contributed by atoms with E-state index in [1.54, 1.807) is 0 Å². The lowest BCUT2D eigenvalue weighted by Crippen LogP contribution is -2.37. The Bertz CT molecular complexity index is 192. The first-order valence-corrected chi connectivity index (χ1v) is 4.78. The van der Waals surface area contributed by atoms with Gasteiger partial charge in [-0.3, -0.25) is 14.5 Å². The van der Waals surface area contributed by atoms with E-state index in [1.807, 2.05) is 32.1 Å². The van der Waals surface area contributed by atoms with Gasteiger partial charge in [0.05, 0.1) is 6.04 Å². The molecular weight excluding hydrogens is 182 g/mol. The van der Waals surface area contributed by atoms with Crippen LogP contribution in [0, 0.1) is 5.92 Å². The van der Waals surface area contributed by atoms with E-state index in [0.717, 1.165) is 0 Å². The van der Waals surface area contributed by atoms with Crippen molar-refractivity contribution in [2.75, 3.05) is 13.6 Å². The van der Waals surface area contributed by atoms with Crippen LogP contribution in [0.5, 0.6) is 0 Å². The topological polar surface area (TPSA) is 57.6 Å². The molecule has 0 rings (SSSR count). The molecule has 0 aliphatic heterocycles. The third-order valence-corrected chi connectivity index (χ3v) is 2.13. The van der Waals surface area contributed by atoms with Crippen LogP contribution in [0.25, 0.3) is 0 Å². The maximum absolute atomic E-state index is 10.6. The SMILES string of the molecule is CC(C)[C@@H]([C]=O)N(C)CCCC(=O)O. The van der Waals surface area contributed by atoms with Gasteiger partial charge in [-0.25, -0.2) is 0 Å². The third-order valence-electron chi connectivity index (χ3n) is 2.13. The molecule has 0 aliphatic carbocycles. The molecule has 4 heteroatoms. The van der Waals surface area contributed by atoms with Gasteiger partial charge in [-0.15, -0.1) is 0 Å². The second-order valence-electron chi connectivity index (χ2n) is 3.78. The monoisotopic (exact) mass is 200 g/mol. The lowest BCUT2D eigenvalue weighted by molar-refractivity contribution is -0.137. The minimum atomic E-state index is -0.797. The van der Waals surface area contributed by atoms with Crippen molar-refractivity contribution in [1.29, 1.82) is 0 Å². The van der Waals surface area contributed by atoms with Gasteiger partial charge in [0, 0.05) is 6.42 Å². The quantitative estimate of drug-likeness (QED) is 0.664. The van der Waals surface area contributed by atoms with Gasteiger partial charge in [0.25, 0.3) is 0 Å². The van der Waals surface area contributed by atoms with Crippen molar-refractivity contribution >= 4 is 12.3 Å². The first-order valence-electron chi connectivity index (χ1n) is 4.78. The number of carbonyl (C=O) groups excluding carboxylic acids is 1. The molecule has 0 amide bonds. The largest absolute Gasteiger partial charge is 0.481 e. The Morgan fingerprint density at radius 3 is 2.43 bits per heavy atom. The summed E-state index contributed by atoms with van der Waals surface area (Å²) in [5.74, 6) is -0.586. The van der Waals surface area contributed by atoms with E-state index in [9.17, 15) is 9.59 Å². The molecule has 0 spiro atoms. The maximum Gasteiger partial charge on any atom is 0.303 e. The van der Waals surface area contributed by atoms with Crippen LogP contribution in [0.4, 0.5) is 0 Å². The van der Waals surface area contributed by atoms with Crippen molar-refractivity contribution in [3.8, 4) is 0 Å². The van der Waals surface area contributed by atoms with Crippen LogP contribution in [0.3, 0.4) is 0 Å². The third kappa shape index (κ3) is 4.97. The summed E-state index contributed by atoms with van der Waals surface area (Å²) in [6, 6.07) is -0.233. The van der Waals surface area contributed by atoms with E-state index < -0.39 is 5.97 Å². The molecule has 0 aliphatic rings. The molecule has 81 valence electrons. The van der Waals surface area contributed by atoms with E-state index >= 15 is 0 Å². The Morgan fingerprint density at radius 2 is 2.07 bits per heavy atom. The molecule has 0 aromatic heterocycles. The molecule has 0 saturated heterocycles. The number of hydrogen-bond acceptors (Lipinski definition) is 3. The summed E-state index contributed by atoms with van der Waals surface area (Å²) < 4.78 is 0. The van der Waals surface area contributed by atoms with Crippen LogP contribution < -0.4 is 0 Å². The normalized spacial score (nSPS) is 13.2. The number of likely N-dealkylation sites (N-methyl/N-ethyl adjacent to an activating group) is 1. The van der Waals surface area contributed by atoms with Crippen molar-refractivity contribution in [3.05, 3.63) is 0 Å². The highest BCUT2D eigenvalue weighted by Crippen LogP contribution is 2.07. The van der Waals surface area contributed by atoms with E-state index in [1.165, 1.54) is 0 Å². The van der Waals surface area contributed by atoms with Gasteiger partial charge in [0.15, 0.2) is 0 Å². The summed E-state index contributed by atoms with van der Waals surface area (Å²) in [7, 11) is 1.82. The van der Waals surface area contributed by atoms with Gasteiger partial charge < -0.3 is 5.11 Å². The summed E-state index contributed by atoms with van der Waals surface area (Å²) in [4.78, 5) is 22.7. The number of aliphatic carboxylic acids is 1. The Kier molecular flexibility index (Phi) is 6.12. The van der Waals surface area contributed by atoms with Crippen molar-refractivity contribution in [1.82, 2.24) is 4.90 Å². The fourth-order valence-electron chi connectivity index (χ4n) is 1.35. The zero-order chi connectivity index (χ0) is 11.1. The Balaban J connectivity index is 3.86. The Labute approximate surface area is 84.9 Å². The molecule has 1 N–H and O–H groups in total. The van der Waals surface area contributed by atoms with Gasteiger partial charge in [-0.2, -0.15) is 0 Å². The lowest BCUT2D eigenvalue weighted by atomic mass is 10.0. The number of carboxylic acid groups (broad SMARTS) is 1. The standard InChI is InChI=1S/C10H18NO3/c1-8(2)9(7-12)11(3)6-4-5-10(13)14/h8-9H,4-6H2,1-3H3,(H,13,14)/t9-/m1/s1. The predicted octanol–water partition coefficient (Wildman–Crippen LogP) is 0.917. The summed E-state index contributed by atoms with van der Waals surface area (Å²) in [5, 5.41) is 8.44. The van der Waals surface area contributed by atoms with Crippen molar-refractivity contribution < 1.29 is 14.7 Å². The van der Waals surface area contributed by atoms with Crippen LogP contribution >= 0.6 is 0 Å². The smallest absolute Gasteiger partial charge is 0.303 e. The Hall–Kier alpha value is -0.900. The number of hydrogen-bond donors (Lipinski definition) is 1. The van der Waals surface area contributed by atoms with Gasteiger partial charge >= 0.3 is 5.97 Å². The van der Waals surface area contributed by atoms with Crippen LogP contribution in [-0.2, 0) is 9.59 Å². The molecule has 0 bridgehead atoms. The minimum Gasteiger partial charge on any atom is -0.481 e. The maximum atomic E-state index is 10.6. The Morgan fingerprint density at radius 1 is 1.50 bits per heavy atom. The molecule has 0 heterocycles. The highest BCUT2D eigenvalue weighted by atomic mass is 16.4. The summed E-state index contributed by atoms with van der Waals surface area (Å²) in [6.45, 7) is 4.51. The van der Waals surface area contributed by atoms with E-state index in [2.05, 4.69) is 0 Å². The average Bonchev–Trinajstić information content (AvgIpc) is 2.03. The van der Waals surface area contributed by atoms with Crippen LogP contribution in [0.15, 0.2) is 0 Å². The van der Waals surface area contributed by atoms with Crippen molar-refractivity contribution in [2.45, 2.75) is 32.7 Å². The first-order chi connectivity index (χ1) is 6.49. The fourth-order valence-corrected chi connectivity index (χ4v) is 1.35. The first kappa shape index (κ1) is 13.1. The van der Waals surface area contributed by atoms with Gasteiger partial charge in [-0.05, 0) is 25.9 Å². The highest BCUT2D eigenvalue weighted by molar-refractivity contribution is 5.66. The highest BCUT2D eigenvalue weighted by Gasteiger charge is 2.18. The average molecular weight is 200 g/mol. The van der Waals surface area contributed by atoms with E-state index in [4.69, 9.17) is 5.11 Å². The molecule has 1 radical (unpaired) electrons. The second-order valence-corrected chi connectivity index (χ2v) is 3.78. The van der Waals surface area contributed by atoms with Crippen LogP contribution in [0.1, 0.15) is 26.7 Å². The fraction of sp³-hybridized carbons (Fsp3) is 0.800. The zero-order valence-electron chi connectivity index (χ0n) is 8.99. The molecule has 4 nitrogen and oxygen atoms in total. The minimum absolute atomic E-state index is 0.147. The summed E-state index contributed by atoms with van der Waals surface area (Å²) >= 11 is 0. The number of nitrogens with zero attached hydrogens (tertiary/aromatic N) is 1. The van der Waals surface area contributed by atoms with Gasteiger partial charge in [0.1, 0.15) is 0 Å². The molecular formula is C10H18NO3. The molecule has 0 unspecified atom stereocenters. The molecule has 0 aromatic carbocycles. The lowest BCUT2D eigenvalue weighted by Gasteiger charge is -2.25. The van der Waals surface area contributed by atoms with Crippen LogP contribution in [0.2, 0.25) is 0 Å². The summed E-state index contributed by atoms with van der Waals surface area (Å²) in [6.07, 6.45) is 2.68. The van der Waals surface area contributed by atoms with E-state index in [-0.39, 0.29) is 18.4 Å². The molecule has 0 aromatic rings. The van der Waals surface area contributed by atoms with E-state index in [0.29, 0.717) is 13.0 Å². The van der Waals surface area contributed by atoms with Gasteiger partial charge in [-0.1, -0.05) is 13.8 Å². The molecule has 14 heavy (non-hydrogen) atoms. The predicted molar refractivity (Wildman–Crippen MR) is 53.8 cm³/mol. The van der Waals surface area contributed by atoms with Crippen LogP contribution in [-0.4, -0.2) is 41.9 Å². The number of rotatable bonds is 7. The molecule has 0 fully saturated rings. The summed E-state index contributed by atoms with van der Waals surface area (Å²) in [5.41, 5.74) is 0. The number of carbonyl (C=O) groups is 1. The van der Waals surface area contributed by atoms with Crippen molar-refractivity contribution in [2.24, 2.45) is 5.92 Å². The molecule has 1 atom stereocenters. The number of carboxylic acids is 1. The zero-order valence-corrected chi connectivity index (χ0v) is 8.99.